The van der Waals surface area contributed by atoms with Crippen LogP contribution in [0.2, 0.25) is 0 Å². The third-order valence-electron chi connectivity index (χ3n) is 4.07. The number of hydrazone groups is 1. The minimum absolute atomic E-state index is 0.0579. The van der Waals surface area contributed by atoms with Gasteiger partial charge < -0.3 is 14.6 Å². The fraction of sp³-hybridized carbons (Fsp3) is 0.364. The first kappa shape index (κ1) is 21.3. The molecule has 1 amide bonds. The van der Waals surface area contributed by atoms with Gasteiger partial charge in [0, 0.05) is 0 Å². The van der Waals surface area contributed by atoms with Gasteiger partial charge in [0.2, 0.25) is 0 Å². The summed E-state index contributed by atoms with van der Waals surface area (Å²) in [6.45, 7) is 10.4. The van der Waals surface area contributed by atoms with Crippen LogP contribution in [-0.2, 0) is 10.2 Å². The molecule has 0 aliphatic heterocycles. The Labute approximate surface area is 166 Å². The van der Waals surface area contributed by atoms with E-state index in [0.717, 1.165) is 0 Å². The third-order valence-corrected chi connectivity index (χ3v) is 4.07. The number of hydrogen-bond acceptors (Lipinski definition) is 5. The van der Waals surface area contributed by atoms with Crippen molar-refractivity contribution in [3.63, 3.8) is 0 Å². The van der Waals surface area contributed by atoms with Crippen LogP contribution in [0.3, 0.4) is 0 Å². The second-order valence-electron chi connectivity index (χ2n) is 7.43. The summed E-state index contributed by atoms with van der Waals surface area (Å²) in [4.78, 5) is 12.2. The van der Waals surface area contributed by atoms with E-state index in [2.05, 4.69) is 31.3 Å². The van der Waals surface area contributed by atoms with Crippen LogP contribution in [0.15, 0.2) is 47.6 Å². The molecule has 0 fully saturated rings. The molecule has 6 nitrogen and oxygen atoms in total. The van der Waals surface area contributed by atoms with Crippen LogP contribution in [0, 0.1) is 0 Å². The number of carbonyl (C=O) groups excluding carboxylic acids is 1. The summed E-state index contributed by atoms with van der Waals surface area (Å²) < 4.78 is 11.0. The van der Waals surface area contributed by atoms with Gasteiger partial charge in [-0.2, -0.15) is 5.10 Å². The van der Waals surface area contributed by atoms with Crippen LogP contribution in [0.5, 0.6) is 17.2 Å². The molecule has 0 bridgehead atoms. The van der Waals surface area contributed by atoms with Crippen LogP contribution >= 0.6 is 0 Å². The molecule has 0 heterocycles. The highest BCUT2D eigenvalue weighted by Gasteiger charge is 2.16. The summed E-state index contributed by atoms with van der Waals surface area (Å²) in [6, 6.07) is 12.5. The number of aromatic hydroxyl groups is 1. The number of carbonyl (C=O) groups is 1. The monoisotopic (exact) mass is 384 g/mol. The average molecular weight is 384 g/mol. The van der Waals surface area contributed by atoms with Gasteiger partial charge in [0.05, 0.1) is 12.8 Å². The molecule has 0 saturated carbocycles. The van der Waals surface area contributed by atoms with Gasteiger partial charge in [-0.1, -0.05) is 32.9 Å². The molecular weight excluding hydrogens is 356 g/mol. The molecule has 0 aliphatic rings. The Bertz CT molecular complexity index is 823. The zero-order valence-corrected chi connectivity index (χ0v) is 17.0. The van der Waals surface area contributed by atoms with Crippen molar-refractivity contribution in [2.45, 2.75) is 46.1 Å². The lowest BCUT2D eigenvalue weighted by molar-refractivity contribution is -0.127. The van der Waals surface area contributed by atoms with E-state index in [1.54, 1.807) is 19.1 Å². The summed E-state index contributed by atoms with van der Waals surface area (Å²) in [5.74, 6) is 0.690. The molecule has 6 heteroatoms. The van der Waals surface area contributed by atoms with Crippen molar-refractivity contribution >= 4 is 12.1 Å². The standard InChI is InChI=1S/C22H28N2O4/c1-6-27-20-13-16(7-12-19(20)25)14-23-24-21(26)15(2)28-18-10-8-17(9-11-18)22(3,4)5/h7-15,25H,6H2,1-5H3,(H,24,26)/b23-14+. The van der Waals surface area contributed by atoms with Gasteiger partial charge in [-0.15, -0.1) is 0 Å². The molecule has 1 unspecified atom stereocenters. The number of benzene rings is 2. The summed E-state index contributed by atoms with van der Waals surface area (Å²) in [5.41, 5.74) is 4.40. The van der Waals surface area contributed by atoms with Crippen molar-refractivity contribution in [1.29, 1.82) is 0 Å². The van der Waals surface area contributed by atoms with E-state index < -0.39 is 6.10 Å². The minimum atomic E-state index is -0.698. The van der Waals surface area contributed by atoms with E-state index in [-0.39, 0.29) is 17.1 Å². The topological polar surface area (TPSA) is 80.2 Å². The van der Waals surface area contributed by atoms with Gasteiger partial charge in [-0.25, -0.2) is 5.43 Å². The highest BCUT2D eigenvalue weighted by molar-refractivity contribution is 5.84. The second kappa shape index (κ2) is 9.26. The van der Waals surface area contributed by atoms with Crippen LogP contribution in [0.4, 0.5) is 0 Å². The molecule has 0 spiro atoms. The van der Waals surface area contributed by atoms with Crippen molar-refractivity contribution in [2.24, 2.45) is 5.10 Å². The molecule has 0 radical (unpaired) electrons. The fourth-order valence-corrected chi connectivity index (χ4v) is 2.43. The largest absolute Gasteiger partial charge is 0.504 e. The molecule has 2 rings (SSSR count). The van der Waals surface area contributed by atoms with E-state index in [9.17, 15) is 9.90 Å². The number of amides is 1. The van der Waals surface area contributed by atoms with E-state index >= 15 is 0 Å². The maximum Gasteiger partial charge on any atom is 0.280 e. The normalized spacial score (nSPS) is 12.6. The number of ether oxygens (including phenoxy) is 2. The van der Waals surface area contributed by atoms with Crippen molar-refractivity contribution in [2.75, 3.05) is 6.61 Å². The summed E-state index contributed by atoms with van der Waals surface area (Å²) in [6.07, 6.45) is 0.779. The Morgan fingerprint density at radius 1 is 1.21 bits per heavy atom. The van der Waals surface area contributed by atoms with Gasteiger partial charge >= 0.3 is 0 Å². The number of hydrogen-bond donors (Lipinski definition) is 2. The number of phenolic OH excluding ortho intramolecular Hbond substituents is 1. The second-order valence-corrected chi connectivity index (χ2v) is 7.43. The Hall–Kier alpha value is -3.02. The number of nitrogens with zero attached hydrogens (tertiary/aromatic N) is 1. The van der Waals surface area contributed by atoms with Gasteiger partial charge in [0.25, 0.3) is 5.91 Å². The zero-order valence-electron chi connectivity index (χ0n) is 17.0. The van der Waals surface area contributed by atoms with Crippen LogP contribution < -0.4 is 14.9 Å². The average Bonchev–Trinajstić information content (AvgIpc) is 2.64. The molecule has 0 aliphatic carbocycles. The van der Waals surface area contributed by atoms with Gasteiger partial charge in [0.15, 0.2) is 17.6 Å². The molecular formula is C22H28N2O4. The van der Waals surface area contributed by atoms with E-state index in [4.69, 9.17) is 9.47 Å². The Morgan fingerprint density at radius 2 is 1.89 bits per heavy atom. The van der Waals surface area contributed by atoms with E-state index in [0.29, 0.717) is 23.7 Å². The smallest absolute Gasteiger partial charge is 0.280 e. The molecule has 1 atom stereocenters. The third kappa shape index (κ3) is 6.01. The first-order valence-electron chi connectivity index (χ1n) is 9.26. The van der Waals surface area contributed by atoms with E-state index in [1.165, 1.54) is 17.8 Å². The van der Waals surface area contributed by atoms with Gasteiger partial charge in [-0.05, 0) is 60.7 Å². The lowest BCUT2D eigenvalue weighted by Gasteiger charge is -2.20. The number of phenols is 1. The lowest BCUT2D eigenvalue weighted by atomic mass is 9.87. The maximum atomic E-state index is 12.2. The quantitative estimate of drug-likeness (QED) is 0.558. The molecule has 0 saturated heterocycles. The molecule has 150 valence electrons. The van der Waals surface area contributed by atoms with Crippen LogP contribution in [0.25, 0.3) is 0 Å². The molecule has 2 aromatic rings. The highest BCUT2D eigenvalue weighted by atomic mass is 16.5. The minimum Gasteiger partial charge on any atom is -0.504 e. The van der Waals surface area contributed by atoms with E-state index in [1.807, 2.05) is 31.2 Å². The SMILES string of the molecule is CCOc1cc(/C=N/NC(=O)C(C)Oc2ccc(C(C)(C)C)cc2)ccc1O. The first-order valence-corrected chi connectivity index (χ1v) is 9.26. The zero-order chi connectivity index (χ0) is 20.7. The highest BCUT2D eigenvalue weighted by Crippen LogP contribution is 2.26. The number of nitrogens with one attached hydrogen (secondary N) is 1. The summed E-state index contributed by atoms with van der Waals surface area (Å²) in [5, 5.41) is 13.6. The maximum absolute atomic E-state index is 12.2. The Balaban J connectivity index is 1.92. The molecule has 2 aromatic carbocycles. The fourth-order valence-electron chi connectivity index (χ4n) is 2.43. The lowest BCUT2D eigenvalue weighted by Crippen LogP contribution is -2.33. The van der Waals surface area contributed by atoms with Crippen molar-refractivity contribution in [3.05, 3.63) is 53.6 Å². The predicted octanol–water partition coefficient (Wildman–Crippen LogP) is 4.01. The van der Waals surface area contributed by atoms with Crippen LogP contribution in [0.1, 0.15) is 45.7 Å². The Kier molecular flexibility index (Phi) is 7.04. The Morgan fingerprint density at radius 3 is 2.50 bits per heavy atom. The number of rotatable bonds is 7. The predicted molar refractivity (Wildman–Crippen MR) is 110 cm³/mol. The summed E-state index contributed by atoms with van der Waals surface area (Å²) in [7, 11) is 0. The van der Waals surface area contributed by atoms with Crippen molar-refractivity contribution < 1.29 is 19.4 Å². The van der Waals surface area contributed by atoms with Crippen LogP contribution in [-0.4, -0.2) is 29.9 Å². The molecule has 28 heavy (non-hydrogen) atoms. The van der Waals surface area contributed by atoms with Gasteiger partial charge in [0.1, 0.15) is 5.75 Å². The van der Waals surface area contributed by atoms with Crippen molar-refractivity contribution in [1.82, 2.24) is 5.43 Å². The molecule has 2 N–H and O–H groups in total. The molecule has 0 aromatic heterocycles. The van der Waals surface area contributed by atoms with Gasteiger partial charge in [-0.3, -0.25) is 4.79 Å². The first-order chi connectivity index (χ1) is 13.2. The summed E-state index contributed by atoms with van der Waals surface area (Å²) >= 11 is 0. The van der Waals surface area contributed by atoms with Crippen molar-refractivity contribution in [3.8, 4) is 17.2 Å².